The van der Waals surface area contributed by atoms with Crippen molar-refractivity contribution in [1.82, 2.24) is 0 Å². The molecule has 1 atom stereocenters. The number of nitrogens with zero attached hydrogens (tertiary/aromatic N) is 1. The lowest BCUT2D eigenvalue weighted by molar-refractivity contribution is 0.124. The van der Waals surface area contributed by atoms with E-state index in [0.29, 0.717) is 12.6 Å². The molecule has 1 heterocycles. The first-order valence-corrected chi connectivity index (χ1v) is 5.88. The number of anilines is 1. The van der Waals surface area contributed by atoms with Crippen LogP contribution in [-0.2, 0) is 4.84 Å². The van der Waals surface area contributed by atoms with Gasteiger partial charge in [-0.3, -0.25) is 0 Å². The SMILES string of the molecule is Cc1ccc(N2CCCC2CON)c(C)c1. The van der Waals surface area contributed by atoms with Crippen molar-refractivity contribution in [3.63, 3.8) is 0 Å². The van der Waals surface area contributed by atoms with E-state index in [1.54, 1.807) is 0 Å². The maximum absolute atomic E-state index is 5.18. The molecule has 1 fully saturated rings. The molecule has 1 aliphatic rings. The van der Waals surface area contributed by atoms with E-state index in [9.17, 15) is 0 Å². The Labute approximate surface area is 97.1 Å². The molecule has 3 heteroatoms. The maximum atomic E-state index is 5.18. The first-order valence-electron chi connectivity index (χ1n) is 5.88. The number of rotatable bonds is 3. The predicted molar refractivity (Wildman–Crippen MR) is 66.4 cm³/mol. The summed E-state index contributed by atoms with van der Waals surface area (Å²) in [5, 5.41) is 0. The van der Waals surface area contributed by atoms with Crippen LogP contribution >= 0.6 is 0 Å². The number of hydrogen-bond donors (Lipinski definition) is 1. The fourth-order valence-corrected chi connectivity index (χ4v) is 2.56. The average Bonchev–Trinajstić information content (AvgIpc) is 2.67. The summed E-state index contributed by atoms with van der Waals surface area (Å²) in [6.45, 7) is 6.02. The molecule has 0 radical (unpaired) electrons. The van der Waals surface area contributed by atoms with Crippen molar-refractivity contribution >= 4 is 5.69 Å². The molecule has 1 aromatic rings. The smallest absolute Gasteiger partial charge is 0.0882 e. The molecule has 1 unspecified atom stereocenters. The highest BCUT2D eigenvalue weighted by Gasteiger charge is 2.25. The van der Waals surface area contributed by atoms with E-state index in [1.807, 2.05) is 0 Å². The van der Waals surface area contributed by atoms with Crippen LogP contribution in [0.15, 0.2) is 18.2 Å². The zero-order valence-electron chi connectivity index (χ0n) is 10.1. The zero-order valence-corrected chi connectivity index (χ0v) is 10.1. The summed E-state index contributed by atoms with van der Waals surface area (Å²) >= 11 is 0. The van der Waals surface area contributed by atoms with Crippen molar-refractivity contribution in [2.24, 2.45) is 5.90 Å². The molecule has 1 aromatic carbocycles. The van der Waals surface area contributed by atoms with Crippen LogP contribution in [0.3, 0.4) is 0 Å². The van der Waals surface area contributed by atoms with Crippen molar-refractivity contribution in [1.29, 1.82) is 0 Å². The molecule has 16 heavy (non-hydrogen) atoms. The van der Waals surface area contributed by atoms with E-state index in [0.717, 1.165) is 6.54 Å². The number of benzene rings is 1. The van der Waals surface area contributed by atoms with Gasteiger partial charge in [-0.2, -0.15) is 0 Å². The number of nitrogens with two attached hydrogens (primary N) is 1. The fourth-order valence-electron chi connectivity index (χ4n) is 2.56. The van der Waals surface area contributed by atoms with Crippen LogP contribution in [0.5, 0.6) is 0 Å². The minimum atomic E-state index is 0.436. The third kappa shape index (κ3) is 2.20. The molecule has 1 saturated heterocycles. The highest BCUT2D eigenvalue weighted by Crippen LogP contribution is 2.28. The molecule has 0 spiro atoms. The van der Waals surface area contributed by atoms with Crippen molar-refractivity contribution in [3.05, 3.63) is 29.3 Å². The predicted octanol–water partition coefficient (Wildman–Crippen LogP) is 2.16. The topological polar surface area (TPSA) is 38.5 Å². The number of aryl methyl sites for hydroxylation is 2. The Bertz CT molecular complexity index is 365. The summed E-state index contributed by atoms with van der Waals surface area (Å²) in [6.07, 6.45) is 2.39. The molecule has 2 N–H and O–H groups in total. The highest BCUT2D eigenvalue weighted by atomic mass is 16.6. The fraction of sp³-hybridized carbons (Fsp3) is 0.538. The van der Waals surface area contributed by atoms with Crippen molar-refractivity contribution in [3.8, 4) is 0 Å². The summed E-state index contributed by atoms with van der Waals surface area (Å²) in [4.78, 5) is 7.22. The lowest BCUT2D eigenvalue weighted by atomic mass is 10.1. The van der Waals surface area contributed by atoms with E-state index in [-0.39, 0.29) is 0 Å². The first kappa shape index (κ1) is 11.4. The highest BCUT2D eigenvalue weighted by molar-refractivity contribution is 5.55. The van der Waals surface area contributed by atoms with Gasteiger partial charge in [0.05, 0.1) is 12.6 Å². The molecule has 2 rings (SSSR count). The Balaban J connectivity index is 2.22. The lowest BCUT2D eigenvalue weighted by Crippen LogP contribution is -2.34. The Morgan fingerprint density at radius 2 is 2.25 bits per heavy atom. The summed E-state index contributed by atoms with van der Waals surface area (Å²) in [5.41, 5.74) is 3.97. The summed E-state index contributed by atoms with van der Waals surface area (Å²) in [6, 6.07) is 7.04. The van der Waals surface area contributed by atoms with E-state index in [2.05, 4.69) is 36.9 Å². The van der Waals surface area contributed by atoms with Crippen LogP contribution in [0.4, 0.5) is 5.69 Å². The molecule has 0 saturated carbocycles. The van der Waals surface area contributed by atoms with Gasteiger partial charge in [-0.25, -0.2) is 5.90 Å². The molecule has 0 aliphatic carbocycles. The van der Waals surface area contributed by atoms with Gasteiger partial charge >= 0.3 is 0 Å². The summed E-state index contributed by atoms with van der Waals surface area (Å²) in [5.74, 6) is 5.18. The van der Waals surface area contributed by atoms with Crippen molar-refractivity contribution in [2.45, 2.75) is 32.7 Å². The Kier molecular flexibility index (Phi) is 3.46. The Morgan fingerprint density at radius 3 is 2.94 bits per heavy atom. The molecule has 1 aliphatic heterocycles. The average molecular weight is 220 g/mol. The molecule has 0 aromatic heterocycles. The van der Waals surface area contributed by atoms with Crippen LogP contribution in [0.25, 0.3) is 0 Å². The zero-order chi connectivity index (χ0) is 11.5. The van der Waals surface area contributed by atoms with Gasteiger partial charge in [-0.05, 0) is 38.3 Å². The summed E-state index contributed by atoms with van der Waals surface area (Å²) < 4.78 is 0. The van der Waals surface area contributed by atoms with Gasteiger partial charge in [-0.15, -0.1) is 0 Å². The van der Waals surface area contributed by atoms with Crippen LogP contribution in [0.1, 0.15) is 24.0 Å². The van der Waals surface area contributed by atoms with Crippen LogP contribution < -0.4 is 10.8 Å². The molecule has 0 bridgehead atoms. The van der Waals surface area contributed by atoms with Gasteiger partial charge in [0.15, 0.2) is 0 Å². The second-order valence-corrected chi connectivity index (χ2v) is 4.61. The molecule has 0 amide bonds. The largest absolute Gasteiger partial charge is 0.366 e. The first-order chi connectivity index (χ1) is 7.72. The molecule has 3 nitrogen and oxygen atoms in total. The number of hydrogen-bond acceptors (Lipinski definition) is 3. The minimum absolute atomic E-state index is 0.436. The lowest BCUT2D eigenvalue weighted by Gasteiger charge is -2.27. The van der Waals surface area contributed by atoms with Gasteiger partial charge in [0, 0.05) is 12.2 Å². The standard InChI is InChI=1S/C13H20N2O/c1-10-5-6-13(11(2)8-10)15-7-3-4-12(15)9-16-14/h5-6,8,12H,3-4,7,9,14H2,1-2H3. The Morgan fingerprint density at radius 1 is 1.44 bits per heavy atom. The van der Waals surface area contributed by atoms with E-state index in [4.69, 9.17) is 10.7 Å². The Hall–Kier alpha value is -1.06. The van der Waals surface area contributed by atoms with E-state index >= 15 is 0 Å². The van der Waals surface area contributed by atoms with Crippen molar-refractivity contribution in [2.75, 3.05) is 18.1 Å². The second kappa shape index (κ2) is 4.85. The molecular formula is C13H20N2O. The van der Waals surface area contributed by atoms with Gasteiger partial charge in [-0.1, -0.05) is 17.7 Å². The van der Waals surface area contributed by atoms with Gasteiger partial charge in [0.2, 0.25) is 0 Å². The normalized spacial score (nSPS) is 20.4. The van der Waals surface area contributed by atoms with Crippen LogP contribution in [0, 0.1) is 13.8 Å². The monoisotopic (exact) mass is 220 g/mol. The van der Waals surface area contributed by atoms with Gasteiger partial charge in [0.25, 0.3) is 0 Å². The van der Waals surface area contributed by atoms with E-state index < -0.39 is 0 Å². The third-order valence-corrected chi connectivity index (χ3v) is 3.33. The molecule has 88 valence electrons. The van der Waals surface area contributed by atoms with Gasteiger partial charge in [0.1, 0.15) is 0 Å². The van der Waals surface area contributed by atoms with Crippen LogP contribution in [-0.4, -0.2) is 19.2 Å². The quantitative estimate of drug-likeness (QED) is 0.793. The third-order valence-electron chi connectivity index (χ3n) is 3.33. The van der Waals surface area contributed by atoms with E-state index in [1.165, 1.54) is 29.7 Å². The molecular weight excluding hydrogens is 200 g/mol. The second-order valence-electron chi connectivity index (χ2n) is 4.61. The van der Waals surface area contributed by atoms with Crippen molar-refractivity contribution < 1.29 is 4.84 Å². The minimum Gasteiger partial charge on any atom is -0.366 e. The van der Waals surface area contributed by atoms with Gasteiger partial charge < -0.3 is 9.74 Å². The summed E-state index contributed by atoms with van der Waals surface area (Å²) in [7, 11) is 0. The maximum Gasteiger partial charge on any atom is 0.0882 e. The van der Waals surface area contributed by atoms with Crippen LogP contribution in [0.2, 0.25) is 0 Å².